The minimum absolute atomic E-state index is 0.111. The first-order valence-electron chi connectivity index (χ1n) is 10.2. The van der Waals surface area contributed by atoms with Crippen LogP contribution in [0.1, 0.15) is 16.8 Å². The third-order valence-electron chi connectivity index (χ3n) is 6.01. The van der Waals surface area contributed by atoms with Gasteiger partial charge in [0.05, 0.1) is 0 Å². The fraction of sp³-hybridized carbons (Fsp3) is 0.435. The van der Waals surface area contributed by atoms with E-state index in [1.807, 2.05) is 30.1 Å². The molecular weight excluding hydrogens is 348 g/mol. The third-order valence-corrected chi connectivity index (χ3v) is 6.01. The van der Waals surface area contributed by atoms with Crippen molar-refractivity contribution in [3.05, 3.63) is 54.1 Å². The van der Waals surface area contributed by atoms with Crippen molar-refractivity contribution in [2.45, 2.75) is 12.5 Å². The summed E-state index contributed by atoms with van der Waals surface area (Å²) in [6.07, 6.45) is 1.05. The number of hydrogen-bond donors (Lipinski definition) is 1. The summed E-state index contributed by atoms with van der Waals surface area (Å²) < 4.78 is 0. The van der Waals surface area contributed by atoms with Gasteiger partial charge in [-0.2, -0.15) is 0 Å². The molecule has 1 amide bonds. The van der Waals surface area contributed by atoms with E-state index >= 15 is 0 Å². The molecule has 4 rings (SSSR count). The van der Waals surface area contributed by atoms with Gasteiger partial charge in [-0.1, -0.05) is 24.3 Å². The zero-order chi connectivity index (χ0) is 19.5. The number of carbonyl (C=O) groups is 1. The summed E-state index contributed by atoms with van der Waals surface area (Å²) in [6.45, 7) is 6.12. The second-order valence-corrected chi connectivity index (χ2v) is 7.99. The summed E-state index contributed by atoms with van der Waals surface area (Å²) in [7, 11) is 4.05. The second kappa shape index (κ2) is 8.33. The Morgan fingerprint density at radius 1 is 1.04 bits per heavy atom. The van der Waals surface area contributed by atoms with Gasteiger partial charge in [0.2, 0.25) is 0 Å². The maximum atomic E-state index is 13.0. The molecule has 1 atom stereocenters. The van der Waals surface area contributed by atoms with Gasteiger partial charge in [0.25, 0.3) is 5.91 Å². The van der Waals surface area contributed by atoms with Crippen LogP contribution in [0.15, 0.2) is 48.5 Å². The van der Waals surface area contributed by atoms with E-state index in [1.54, 1.807) is 0 Å². The highest BCUT2D eigenvalue weighted by Gasteiger charge is 2.27. The highest BCUT2D eigenvalue weighted by Crippen LogP contribution is 2.26. The summed E-state index contributed by atoms with van der Waals surface area (Å²) in [4.78, 5) is 19.6. The van der Waals surface area contributed by atoms with Crippen LogP contribution in [0.5, 0.6) is 0 Å². The number of hydrogen-bond acceptors (Lipinski definition) is 4. The molecule has 28 heavy (non-hydrogen) atoms. The Bertz CT molecular complexity index is 831. The molecule has 2 heterocycles. The molecule has 0 saturated carbocycles. The fourth-order valence-corrected chi connectivity index (χ4v) is 4.23. The van der Waals surface area contributed by atoms with E-state index in [9.17, 15) is 4.79 Å². The molecule has 2 aromatic rings. The average Bonchev–Trinajstić information content (AvgIpc) is 3.20. The molecule has 148 valence electrons. The van der Waals surface area contributed by atoms with E-state index in [-0.39, 0.29) is 5.91 Å². The van der Waals surface area contributed by atoms with Crippen LogP contribution in [0.2, 0.25) is 0 Å². The summed E-state index contributed by atoms with van der Waals surface area (Å²) >= 11 is 0. The molecule has 0 aliphatic carbocycles. The van der Waals surface area contributed by atoms with Gasteiger partial charge in [0.15, 0.2) is 0 Å². The second-order valence-electron chi connectivity index (χ2n) is 7.99. The van der Waals surface area contributed by atoms with Gasteiger partial charge in [-0.25, -0.2) is 0 Å². The quantitative estimate of drug-likeness (QED) is 0.888. The summed E-state index contributed by atoms with van der Waals surface area (Å²) in [5.41, 5.74) is 4.28. The van der Waals surface area contributed by atoms with E-state index in [1.165, 1.54) is 5.69 Å². The van der Waals surface area contributed by atoms with Crippen molar-refractivity contribution in [3.8, 4) is 11.1 Å². The Kier molecular flexibility index (Phi) is 5.64. The van der Waals surface area contributed by atoms with Gasteiger partial charge in [0, 0.05) is 57.1 Å². The predicted molar refractivity (Wildman–Crippen MR) is 115 cm³/mol. The lowest BCUT2D eigenvalue weighted by Gasteiger charge is -2.29. The highest BCUT2D eigenvalue weighted by molar-refractivity contribution is 5.95. The Balaban J connectivity index is 1.54. The van der Waals surface area contributed by atoms with Gasteiger partial charge >= 0.3 is 0 Å². The Morgan fingerprint density at radius 3 is 2.46 bits per heavy atom. The highest BCUT2D eigenvalue weighted by atomic mass is 16.2. The van der Waals surface area contributed by atoms with E-state index in [0.29, 0.717) is 6.04 Å². The van der Waals surface area contributed by atoms with Crippen LogP contribution in [0.3, 0.4) is 0 Å². The average molecular weight is 379 g/mol. The van der Waals surface area contributed by atoms with Crippen LogP contribution < -0.4 is 10.2 Å². The number of piperazine rings is 1. The number of nitrogens with one attached hydrogen (secondary N) is 1. The zero-order valence-corrected chi connectivity index (χ0v) is 16.9. The van der Waals surface area contributed by atoms with Crippen LogP contribution >= 0.6 is 0 Å². The van der Waals surface area contributed by atoms with E-state index in [4.69, 9.17) is 0 Å². The van der Waals surface area contributed by atoms with E-state index in [0.717, 1.165) is 62.4 Å². The van der Waals surface area contributed by atoms with Crippen LogP contribution in [-0.2, 0) is 0 Å². The maximum Gasteiger partial charge on any atom is 0.253 e. The minimum atomic E-state index is 0.111. The van der Waals surface area contributed by atoms with Crippen molar-refractivity contribution in [2.24, 2.45) is 0 Å². The van der Waals surface area contributed by atoms with Gasteiger partial charge in [-0.15, -0.1) is 0 Å². The molecule has 2 fully saturated rings. The molecule has 5 heteroatoms. The molecule has 2 saturated heterocycles. The fourth-order valence-electron chi connectivity index (χ4n) is 4.23. The van der Waals surface area contributed by atoms with Crippen LogP contribution in [0, 0.1) is 0 Å². The van der Waals surface area contributed by atoms with Gasteiger partial charge in [-0.05, 0) is 55.4 Å². The lowest BCUT2D eigenvalue weighted by atomic mass is 10.0. The summed E-state index contributed by atoms with van der Waals surface area (Å²) in [5.74, 6) is 0.111. The number of nitrogens with zero attached hydrogens (tertiary/aromatic N) is 3. The smallest absolute Gasteiger partial charge is 0.253 e. The van der Waals surface area contributed by atoms with Gasteiger partial charge in [0.1, 0.15) is 0 Å². The summed E-state index contributed by atoms with van der Waals surface area (Å²) in [5, 5.41) is 3.40. The molecule has 2 aromatic carbocycles. The molecule has 0 aromatic heterocycles. The van der Waals surface area contributed by atoms with Crippen molar-refractivity contribution in [2.75, 3.05) is 58.3 Å². The van der Waals surface area contributed by atoms with Crippen molar-refractivity contribution >= 4 is 11.6 Å². The molecule has 5 nitrogen and oxygen atoms in total. The molecular formula is C23H30N4O. The first kappa shape index (κ1) is 19.0. The first-order valence-corrected chi connectivity index (χ1v) is 10.2. The van der Waals surface area contributed by atoms with E-state index < -0.39 is 0 Å². The monoisotopic (exact) mass is 378 g/mol. The van der Waals surface area contributed by atoms with E-state index in [2.05, 4.69) is 52.5 Å². The van der Waals surface area contributed by atoms with Gasteiger partial charge in [-0.3, -0.25) is 4.79 Å². The molecule has 2 aliphatic rings. The third kappa shape index (κ3) is 4.05. The van der Waals surface area contributed by atoms with Crippen molar-refractivity contribution in [3.63, 3.8) is 0 Å². The summed E-state index contributed by atoms with van der Waals surface area (Å²) in [6, 6.07) is 17.0. The number of benzene rings is 2. The van der Waals surface area contributed by atoms with Crippen molar-refractivity contribution < 1.29 is 4.79 Å². The number of carbonyl (C=O) groups excluding carboxylic acids is 1. The number of rotatable bonds is 4. The Labute approximate surface area is 167 Å². The number of likely N-dealkylation sites (N-methyl/N-ethyl adjacent to an activating group) is 2. The first-order chi connectivity index (χ1) is 13.6. The maximum absolute atomic E-state index is 13.0. The van der Waals surface area contributed by atoms with Crippen LogP contribution in [-0.4, -0.2) is 75.1 Å². The normalized spacial score (nSPS) is 20.4. The van der Waals surface area contributed by atoms with Crippen molar-refractivity contribution in [1.29, 1.82) is 0 Å². The number of amides is 1. The Hall–Kier alpha value is -2.37. The zero-order valence-electron chi connectivity index (χ0n) is 16.9. The molecule has 0 bridgehead atoms. The molecule has 0 spiro atoms. The topological polar surface area (TPSA) is 38.8 Å². The Morgan fingerprint density at radius 2 is 1.75 bits per heavy atom. The largest absolute Gasteiger partial charge is 0.369 e. The molecule has 1 unspecified atom stereocenters. The molecule has 2 aliphatic heterocycles. The molecule has 1 N–H and O–H groups in total. The SMILES string of the molecule is CN1CCC(N(C)C(=O)c2cccc(-c3cccc(N4CCNCC4)c3)c2)C1. The lowest BCUT2D eigenvalue weighted by molar-refractivity contribution is 0.0737. The van der Waals surface area contributed by atoms with Gasteiger partial charge < -0.3 is 20.0 Å². The van der Waals surface area contributed by atoms with Crippen LogP contribution in [0.4, 0.5) is 5.69 Å². The lowest BCUT2D eigenvalue weighted by Crippen LogP contribution is -2.43. The van der Waals surface area contributed by atoms with Crippen molar-refractivity contribution in [1.82, 2.24) is 15.1 Å². The number of likely N-dealkylation sites (tertiary alicyclic amines) is 1. The molecule has 0 radical (unpaired) electrons. The predicted octanol–water partition coefficient (Wildman–Crippen LogP) is 2.54. The minimum Gasteiger partial charge on any atom is -0.369 e. The number of anilines is 1. The standard InChI is InChI=1S/C23H30N4O/c1-25-12-9-22(17-25)26(2)23(28)20-7-3-5-18(15-20)19-6-4-8-21(16-19)27-13-10-24-11-14-27/h3-8,15-16,22,24H,9-14,17H2,1-2H3. The van der Waals surface area contributed by atoms with Crippen LogP contribution in [0.25, 0.3) is 11.1 Å².